The number of anilines is 1. The van der Waals surface area contributed by atoms with Crippen molar-refractivity contribution in [1.82, 2.24) is 0 Å². The Kier molecular flexibility index (Phi) is 5.09. The molecule has 2 aromatic carbocycles. The molecule has 2 N–H and O–H groups in total. The Morgan fingerprint density at radius 2 is 1.62 bits per heavy atom. The van der Waals surface area contributed by atoms with Gasteiger partial charge in [-0.2, -0.15) is 0 Å². The summed E-state index contributed by atoms with van der Waals surface area (Å²) in [7, 11) is -3.84. The number of rotatable bonds is 4. The van der Waals surface area contributed by atoms with Gasteiger partial charge in [0.2, 0.25) is 0 Å². The average molecular weight is 529 g/mol. The van der Waals surface area contributed by atoms with Gasteiger partial charge in [0.15, 0.2) is 0 Å². The van der Waals surface area contributed by atoms with Crippen LogP contribution in [0.3, 0.4) is 0 Å². The fourth-order valence-electron chi connectivity index (χ4n) is 1.65. The molecule has 110 valence electrons. The monoisotopic (exact) mass is 529 g/mol. The van der Waals surface area contributed by atoms with Gasteiger partial charge in [0.05, 0.1) is 16.1 Å². The van der Waals surface area contributed by atoms with E-state index in [1.54, 1.807) is 6.07 Å². The molecule has 21 heavy (non-hydrogen) atoms. The van der Waals surface area contributed by atoms with E-state index in [2.05, 4.69) is 4.72 Å². The van der Waals surface area contributed by atoms with E-state index < -0.39 is 16.0 Å². The molecule has 0 radical (unpaired) electrons. The van der Waals surface area contributed by atoms with Gasteiger partial charge in [-0.25, -0.2) is 13.2 Å². The second-order valence-corrected chi connectivity index (χ2v) is 8.24. The number of carboxylic acids is 1. The summed E-state index contributed by atoms with van der Waals surface area (Å²) < 4.78 is 28.6. The predicted octanol–water partition coefficient (Wildman–Crippen LogP) is 3.39. The first-order chi connectivity index (χ1) is 9.79. The van der Waals surface area contributed by atoms with Crippen LogP contribution in [-0.2, 0) is 10.0 Å². The molecule has 0 bridgehead atoms. The molecular weight excluding hydrogens is 520 g/mol. The third-order valence-electron chi connectivity index (χ3n) is 2.55. The van der Waals surface area contributed by atoms with Crippen LogP contribution in [0.5, 0.6) is 0 Å². The van der Waals surface area contributed by atoms with Gasteiger partial charge in [0.1, 0.15) is 0 Å². The molecule has 0 atom stereocenters. The van der Waals surface area contributed by atoms with Crippen LogP contribution in [-0.4, -0.2) is 19.5 Å². The molecule has 0 aliphatic rings. The minimum atomic E-state index is -3.84. The number of benzene rings is 2. The number of hydrogen-bond acceptors (Lipinski definition) is 3. The Morgan fingerprint density at radius 1 is 1.05 bits per heavy atom. The Balaban J connectivity index is 2.45. The lowest BCUT2D eigenvalue weighted by Crippen LogP contribution is -2.15. The van der Waals surface area contributed by atoms with Gasteiger partial charge in [0, 0.05) is 7.14 Å². The largest absolute Gasteiger partial charge is 0.478 e. The van der Waals surface area contributed by atoms with Gasteiger partial charge in [0.25, 0.3) is 10.0 Å². The number of halogens is 2. The molecule has 2 aromatic rings. The van der Waals surface area contributed by atoms with Crippen LogP contribution in [0.4, 0.5) is 5.69 Å². The summed E-state index contributed by atoms with van der Waals surface area (Å²) >= 11 is 4.06. The van der Waals surface area contributed by atoms with E-state index in [1.807, 2.05) is 51.2 Å². The summed E-state index contributed by atoms with van der Waals surface area (Å²) in [5, 5.41) is 9.08. The molecule has 0 aromatic heterocycles. The Morgan fingerprint density at radius 3 is 2.19 bits per heavy atom. The topological polar surface area (TPSA) is 83.5 Å². The minimum Gasteiger partial charge on any atom is -0.478 e. The lowest BCUT2D eigenvalue weighted by Gasteiger charge is -2.11. The van der Waals surface area contributed by atoms with Gasteiger partial charge in [-0.05, 0) is 75.5 Å². The first-order valence-corrected chi connectivity index (χ1v) is 9.25. The molecule has 0 fully saturated rings. The second-order valence-electron chi connectivity index (χ2n) is 4.06. The first-order valence-electron chi connectivity index (χ1n) is 5.61. The molecule has 2 rings (SSSR count). The van der Waals surface area contributed by atoms with Crippen LogP contribution in [0.1, 0.15) is 10.4 Å². The van der Waals surface area contributed by atoms with E-state index in [0.29, 0.717) is 0 Å². The third kappa shape index (κ3) is 4.07. The number of sulfonamides is 1. The lowest BCUT2D eigenvalue weighted by atomic mass is 10.2. The molecule has 0 aliphatic heterocycles. The summed E-state index contributed by atoms with van der Waals surface area (Å²) in [5.74, 6) is -1.19. The number of aromatic carboxylic acids is 1. The Bertz CT molecular complexity index is 785. The lowest BCUT2D eigenvalue weighted by molar-refractivity contribution is 0.0698. The summed E-state index contributed by atoms with van der Waals surface area (Å²) in [6.07, 6.45) is 0. The highest BCUT2D eigenvalue weighted by Gasteiger charge is 2.19. The normalized spacial score (nSPS) is 11.1. The van der Waals surface area contributed by atoms with E-state index >= 15 is 0 Å². The van der Waals surface area contributed by atoms with Crippen molar-refractivity contribution in [2.24, 2.45) is 0 Å². The maximum absolute atomic E-state index is 12.4. The van der Waals surface area contributed by atoms with Gasteiger partial charge >= 0.3 is 5.97 Å². The van der Waals surface area contributed by atoms with Crippen molar-refractivity contribution >= 4 is 66.9 Å². The summed E-state index contributed by atoms with van der Waals surface area (Å²) in [6, 6.07) is 10.8. The molecule has 0 unspecified atom stereocenters. The molecule has 0 amide bonds. The molecule has 0 saturated carbocycles. The zero-order valence-corrected chi connectivity index (χ0v) is 15.5. The summed E-state index contributed by atoms with van der Waals surface area (Å²) in [4.78, 5) is 11.2. The molecule has 0 aliphatic carbocycles. The third-order valence-corrected chi connectivity index (χ3v) is 5.14. The molecule has 8 heteroatoms. The smallest absolute Gasteiger partial charge is 0.337 e. The fraction of sp³-hybridized carbons (Fsp3) is 0. The van der Waals surface area contributed by atoms with Gasteiger partial charge in [-0.1, -0.05) is 12.1 Å². The van der Waals surface area contributed by atoms with E-state index in [1.165, 1.54) is 30.3 Å². The van der Waals surface area contributed by atoms with Crippen LogP contribution < -0.4 is 4.72 Å². The number of para-hydroxylation sites is 1. The molecule has 0 heterocycles. The van der Waals surface area contributed by atoms with Crippen molar-refractivity contribution in [1.29, 1.82) is 0 Å². The van der Waals surface area contributed by atoms with Crippen LogP contribution in [0.2, 0.25) is 0 Å². The van der Waals surface area contributed by atoms with Gasteiger partial charge in [-0.3, -0.25) is 4.72 Å². The van der Waals surface area contributed by atoms with Crippen molar-refractivity contribution in [3.8, 4) is 0 Å². The highest BCUT2D eigenvalue weighted by molar-refractivity contribution is 14.1. The van der Waals surface area contributed by atoms with Gasteiger partial charge in [-0.15, -0.1) is 0 Å². The standard InChI is InChI=1S/C13H9I2NO4S/c14-8-5-9(15)7-10(6-8)21(19,20)16-12-4-2-1-3-11(12)13(17)18/h1-7,16H,(H,17,18). The molecule has 0 spiro atoms. The molecule has 5 nitrogen and oxygen atoms in total. The van der Waals surface area contributed by atoms with Crippen molar-refractivity contribution in [3.05, 3.63) is 55.2 Å². The van der Waals surface area contributed by atoms with Crippen molar-refractivity contribution in [2.75, 3.05) is 4.72 Å². The Hall–Kier alpha value is -0.880. The average Bonchev–Trinajstić information content (AvgIpc) is 2.37. The first kappa shape index (κ1) is 16.5. The number of nitrogens with one attached hydrogen (secondary N) is 1. The Labute approximate surface area is 149 Å². The van der Waals surface area contributed by atoms with Crippen molar-refractivity contribution < 1.29 is 18.3 Å². The fourth-order valence-corrected chi connectivity index (χ4v) is 5.16. The number of carboxylic acid groups (broad SMARTS) is 1. The quantitative estimate of drug-likeness (QED) is 0.596. The minimum absolute atomic E-state index is 0.0406. The van der Waals surface area contributed by atoms with Gasteiger partial charge < -0.3 is 5.11 Å². The highest BCUT2D eigenvalue weighted by Crippen LogP contribution is 2.23. The van der Waals surface area contributed by atoms with Crippen LogP contribution >= 0.6 is 45.2 Å². The molecular formula is C13H9I2NO4S. The van der Waals surface area contributed by atoms with Crippen molar-refractivity contribution in [3.63, 3.8) is 0 Å². The SMILES string of the molecule is O=C(O)c1ccccc1NS(=O)(=O)c1cc(I)cc(I)c1. The predicted molar refractivity (Wildman–Crippen MR) is 96.1 cm³/mol. The number of carbonyl (C=O) groups is 1. The van der Waals surface area contributed by atoms with E-state index in [9.17, 15) is 13.2 Å². The van der Waals surface area contributed by atoms with E-state index in [-0.39, 0.29) is 16.1 Å². The molecule has 0 saturated heterocycles. The van der Waals surface area contributed by atoms with Crippen LogP contribution in [0.15, 0.2) is 47.4 Å². The van der Waals surface area contributed by atoms with E-state index in [0.717, 1.165) is 7.14 Å². The van der Waals surface area contributed by atoms with Crippen LogP contribution in [0.25, 0.3) is 0 Å². The van der Waals surface area contributed by atoms with Crippen molar-refractivity contribution in [2.45, 2.75) is 4.90 Å². The number of hydrogen-bond donors (Lipinski definition) is 2. The van der Waals surface area contributed by atoms with E-state index in [4.69, 9.17) is 5.11 Å². The van der Waals surface area contributed by atoms with Crippen LogP contribution in [0, 0.1) is 7.14 Å². The zero-order valence-electron chi connectivity index (χ0n) is 10.4. The highest BCUT2D eigenvalue weighted by atomic mass is 127. The second kappa shape index (κ2) is 6.48. The summed E-state index contributed by atoms with van der Waals surface area (Å²) in [6.45, 7) is 0. The maximum Gasteiger partial charge on any atom is 0.337 e. The maximum atomic E-state index is 12.4. The summed E-state index contributed by atoms with van der Waals surface area (Å²) in [5.41, 5.74) is -0.0553. The zero-order chi connectivity index (χ0) is 15.6.